The van der Waals surface area contributed by atoms with Gasteiger partial charge in [-0.3, -0.25) is 4.79 Å². The van der Waals surface area contributed by atoms with Crippen LogP contribution in [0, 0.1) is 5.92 Å². The highest BCUT2D eigenvalue weighted by atomic mass is 16.5. The molecule has 1 saturated carbocycles. The van der Waals surface area contributed by atoms with Crippen LogP contribution in [0.25, 0.3) is 0 Å². The number of hydrogen-bond acceptors (Lipinski definition) is 3. The van der Waals surface area contributed by atoms with E-state index in [1.807, 2.05) is 6.92 Å². The number of amides is 1. The molecule has 1 amide bonds. The molecule has 2 rings (SSSR count). The summed E-state index contributed by atoms with van der Waals surface area (Å²) in [6, 6.07) is 0.363. The van der Waals surface area contributed by atoms with Crippen molar-refractivity contribution in [3.05, 3.63) is 0 Å². The van der Waals surface area contributed by atoms with E-state index in [1.54, 1.807) is 0 Å². The average molecular weight is 212 g/mol. The van der Waals surface area contributed by atoms with E-state index in [4.69, 9.17) is 4.74 Å². The minimum absolute atomic E-state index is 0.210. The van der Waals surface area contributed by atoms with Gasteiger partial charge in [-0.05, 0) is 38.8 Å². The second-order valence-corrected chi connectivity index (χ2v) is 4.54. The highest BCUT2D eigenvalue weighted by molar-refractivity contribution is 5.76. The lowest BCUT2D eigenvalue weighted by Gasteiger charge is -2.36. The van der Waals surface area contributed by atoms with Crippen LogP contribution in [0.1, 0.15) is 26.2 Å². The van der Waals surface area contributed by atoms with Gasteiger partial charge in [0.1, 0.15) is 0 Å². The zero-order chi connectivity index (χ0) is 10.7. The number of hydrogen-bond donors (Lipinski definition) is 2. The number of carbonyl (C=O) groups is 1. The van der Waals surface area contributed by atoms with Gasteiger partial charge in [0.05, 0.1) is 6.10 Å². The van der Waals surface area contributed by atoms with Crippen molar-refractivity contribution in [2.75, 3.05) is 19.7 Å². The first kappa shape index (κ1) is 10.9. The third-order valence-electron chi connectivity index (χ3n) is 3.20. The number of nitrogens with one attached hydrogen (secondary N) is 2. The lowest BCUT2D eigenvalue weighted by molar-refractivity contribution is -0.125. The molecular weight excluding hydrogens is 192 g/mol. The van der Waals surface area contributed by atoms with Crippen LogP contribution in [0.2, 0.25) is 0 Å². The van der Waals surface area contributed by atoms with Crippen molar-refractivity contribution >= 4 is 5.91 Å². The molecular formula is C11H20N2O2. The fraction of sp³-hybridized carbons (Fsp3) is 0.909. The Morgan fingerprint density at radius 2 is 2.20 bits per heavy atom. The maximum Gasteiger partial charge on any atom is 0.220 e. The predicted octanol–water partition coefficient (Wildman–Crippen LogP) is 0.280. The molecule has 1 heterocycles. The zero-order valence-corrected chi connectivity index (χ0v) is 9.29. The molecule has 1 aliphatic heterocycles. The summed E-state index contributed by atoms with van der Waals surface area (Å²) in [5.74, 6) is 0.772. The Morgan fingerprint density at radius 1 is 1.47 bits per heavy atom. The van der Waals surface area contributed by atoms with Crippen LogP contribution >= 0.6 is 0 Å². The molecule has 0 aromatic heterocycles. The second kappa shape index (κ2) is 4.94. The number of ether oxygens (including phenoxy) is 1. The summed E-state index contributed by atoms with van der Waals surface area (Å²) in [5, 5.41) is 6.23. The molecule has 4 heteroatoms. The monoisotopic (exact) mass is 212 g/mol. The van der Waals surface area contributed by atoms with E-state index in [-0.39, 0.29) is 5.91 Å². The van der Waals surface area contributed by atoms with Gasteiger partial charge in [-0.25, -0.2) is 0 Å². The highest BCUT2D eigenvalue weighted by Crippen LogP contribution is 2.23. The third kappa shape index (κ3) is 2.92. The molecule has 1 saturated heterocycles. The van der Waals surface area contributed by atoms with Crippen molar-refractivity contribution in [1.82, 2.24) is 10.6 Å². The quantitative estimate of drug-likeness (QED) is 0.688. The van der Waals surface area contributed by atoms with Gasteiger partial charge in [0.15, 0.2) is 0 Å². The van der Waals surface area contributed by atoms with Crippen molar-refractivity contribution in [3.8, 4) is 0 Å². The van der Waals surface area contributed by atoms with Crippen molar-refractivity contribution < 1.29 is 9.53 Å². The van der Waals surface area contributed by atoms with Gasteiger partial charge in [-0.1, -0.05) is 0 Å². The molecule has 0 atom stereocenters. The van der Waals surface area contributed by atoms with Crippen LogP contribution in [0.5, 0.6) is 0 Å². The summed E-state index contributed by atoms with van der Waals surface area (Å²) < 4.78 is 5.44. The van der Waals surface area contributed by atoms with Crippen molar-refractivity contribution in [3.63, 3.8) is 0 Å². The van der Waals surface area contributed by atoms with E-state index >= 15 is 0 Å². The van der Waals surface area contributed by atoms with Crippen molar-refractivity contribution in [1.29, 1.82) is 0 Å². The largest absolute Gasteiger partial charge is 0.378 e. The Bertz CT molecular complexity index is 223. The molecule has 2 aliphatic rings. The van der Waals surface area contributed by atoms with Crippen LogP contribution in [-0.2, 0) is 9.53 Å². The molecule has 0 aromatic carbocycles. The molecule has 0 bridgehead atoms. The molecule has 2 N–H and O–H groups in total. The molecule has 4 nitrogen and oxygen atoms in total. The van der Waals surface area contributed by atoms with Gasteiger partial charge in [-0.15, -0.1) is 0 Å². The first-order valence-electron chi connectivity index (χ1n) is 5.89. The summed E-state index contributed by atoms with van der Waals surface area (Å²) in [6.45, 7) is 4.79. The molecule has 0 unspecified atom stereocenters. The zero-order valence-electron chi connectivity index (χ0n) is 9.29. The van der Waals surface area contributed by atoms with Gasteiger partial charge in [0.25, 0.3) is 0 Å². The van der Waals surface area contributed by atoms with Crippen molar-refractivity contribution in [2.45, 2.75) is 38.3 Å². The van der Waals surface area contributed by atoms with Crippen molar-refractivity contribution in [2.24, 2.45) is 5.92 Å². The minimum atomic E-state index is 0.210. The summed E-state index contributed by atoms with van der Waals surface area (Å²) in [4.78, 5) is 11.5. The van der Waals surface area contributed by atoms with Crippen LogP contribution < -0.4 is 10.6 Å². The lowest BCUT2D eigenvalue weighted by Crippen LogP contribution is -2.50. The van der Waals surface area contributed by atoms with E-state index in [2.05, 4.69) is 10.6 Å². The number of carbonyl (C=O) groups excluding carboxylic acids is 1. The molecule has 0 aromatic rings. The summed E-state index contributed by atoms with van der Waals surface area (Å²) in [5.41, 5.74) is 0. The maximum absolute atomic E-state index is 11.5. The summed E-state index contributed by atoms with van der Waals surface area (Å²) in [6.07, 6.45) is 3.04. The standard InChI is InChI=1S/C11H20N2O2/c1-2-15-10-4-9(5-10)13-11(14)3-8-6-12-7-8/h8-10,12H,2-7H2,1H3,(H,13,14). The molecule has 2 fully saturated rings. The Labute approximate surface area is 90.8 Å². The maximum atomic E-state index is 11.5. The van der Waals surface area contributed by atoms with Crippen LogP contribution in [0.4, 0.5) is 0 Å². The van der Waals surface area contributed by atoms with Gasteiger partial charge in [0.2, 0.25) is 5.91 Å². The van der Waals surface area contributed by atoms with Gasteiger partial charge < -0.3 is 15.4 Å². The third-order valence-corrected chi connectivity index (χ3v) is 3.20. The molecule has 15 heavy (non-hydrogen) atoms. The Balaban J connectivity index is 1.56. The van der Waals surface area contributed by atoms with Crippen LogP contribution in [-0.4, -0.2) is 37.7 Å². The fourth-order valence-corrected chi connectivity index (χ4v) is 2.10. The number of rotatable bonds is 5. The van der Waals surface area contributed by atoms with Crippen LogP contribution in [0.15, 0.2) is 0 Å². The Kier molecular flexibility index (Phi) is 3.59. The predicted molar refractivity (Wildman–Crippen MR) is 57.6 cm³/mol. The fourth-order valence-electron chi connectivity index (χ4n) is 2.10. The Hall–Kier alpha value is -0.610. The first-order chi connectivity index (χ1) is 7.28. The summed E-state index contributed by atoms with van der Waals surface area (Å²) >= 11 is 0. The Morgan fingerprint density at radius 3 is 2.73 bits per heavy atom. The van der Waals surface area contributed by atoms with Gasteiger partial charge in [0, 0.05) is 19.1 Å². The molecule has 86 valence electrons. The second-order valence-electron chi connectivity index (χ2n) is 4.54. The highest BCUT2D eigenvalue weighted by Gasteiger charge is 2.31. The molecule has 0 radical (unpaired) electrons. The summed E-state index contributed by atoms with van der Waals surface area (Å²) in [7, 11) is 0. The SMILES string of the molecule is CCOC1CC(NC(=O)CC2CNC2)C1. The van der Waals surface area contributed by atoms with E-state index in [1.165, 1.54) is 0 Å². The van der Waals surface area contributed by atoms with E-state index in [0.29, 0.717) is 24.5 Å². The smallest absolute Gasteiger partial charge is 0.220 e. The normalized spacial score (nSPS) is 30.5. The average Bonchev–Trinajstić information content (AvgIpc) is 2.08. The van der Waals surface area contributed by atoms with Crippen LogP contribution in [0.3, 0.4) is 0 Å². The van der Waals surface area contributed by atoms with E-state index in [0.717, 1.165) is 32.5 Å². The lowest BCUT2D eigenvalue weighted by atomic mass is 9.88. The van der Waals surface area contributed by atoms with E-state index < -0.39 is 0 Å². The van der Waals surface area contributed by atoms with Gasteiger partial charge in [-0.2, -0.15) is 0 Å². The topological polar surface area (TPSA) is 50.4 Å². The van der Waals surface area contributed by atoms with Gasteiger partial charge >= 0.3 is 0 Å². The minimum Gasteiger partial charge on any atom is -0.378 e. The molecule has 0 spiro atoms. The van der Waals surface area contributed by atoms with E-state index in [9.17, 15) is 4.79 Å². The first-order valence-corrected chi connectivity index (χ1v) is 5.89. The molecule has 1 aliphatic carbocycles.